The number of amides is 1. The van der Waals surface area contributed by atoms with Crippen molar-refractivity contribution in [2.45, 2.75) is 32.7 Å². The second kappa shape index (κ2) is 9.38. The van der Waals surface area contributed by atoms with E-state index >= 15 is 0 Å². The maximum atomic E-state index is 12.4. The molecule has 1 amide bonds. The number of aryl methyl sites for hydroxylation is 1. The number of hydrogen-bond donors (Lipinski definition) is 2. The van der Waals surface area contributed by atoms with Crippen molar-refractivity contribution in [2.75, 3.05) is 31.5 Å². The van der Waals surface area contributed by atoms with Crippen molar-refractivity contribution in [3.8, 4) is 0 Å². The largest absolute Gasteiger partial charge is 0.468 e. The van der Waals surface area contributed by atoms with E-state index in [2.05, 4.69) is 20.5 Å². The summed E-state index contributed by atoms with van der Waals surface area (Å²) in [5, 5.41) is 6.35. The number of nitrogens with zero attached hydrogens (tertiary/aromatic N) is 2. The van der Waals surface area contributed by atoms with Gasteiger partial charge in [-0.1, -0.05) is 6.07 Å². The van der Waals surface area contributed by atoms with Gasteiger partial charge in [-0.3, -0.25) is 9.69 Å². The predicted octanol–water partition coefficient (Wildman–Crippen LogP) is 2.81. The molecule has 1 saturated heterocycles. The van der Waals surface area contributed by atoms with Crippen LogP contribution in [0.2, 0.25) is 0 Å². The number of carbonyl (C=O) groups is 1. The molecule has 3 rings (SSSR count). The zero-order valence-corrected chi connectivity index (χ0v) is 15.4. The van der Waals surface area contributed by atoms with Gasteiger partial charge in [-0.2, -0.15) is 0 Å². The summed E-state index contributed by atoms with van der Waals surface area (Å²) < 4.78 is 5.41. The smallest absolute Gasteiger partial charge is 0.224 e. The third-order valence-corrected chi connectivity index (χ3v) is 4.71. The molecule has 1 aliphatic rings. The first-order valence-electron chi connectivity index (χ1n) is 9.39. The van der Waals surface area contributed by atoms with Crippen LogP contribution in [0.3, 0.4) is 0 Å². The molecular weight excluding hydrogens is 328 g/mol. The molecule has 26 heavy (non-hydrogen) atoms. The second-order valence-electron chi connectivity index (χ2n) is 6.95. The molecule has 1 atom stereocenters. The average molecular weight is 356 g/mol. The third kappa shape index (κ3) is 5.59. The van der Waals surface area contributed by atoms with Crippen LogP contribution >= 0.6 is 0 Å². The van der Waals surface area contributed by atoms with Crippen LogP contribution in [-0.2, 0) is 11.3 Å². The Hall–Kier alpha value is -2.34. The van der Waals surface area contributed by atoms with Gasteiger partial charge in [-0.15, -0.1) is 0 Å². The molecule has 2 N–H and O–H groups in total. The number of hydrogen-bond acceptors (Lipinski definition) is 5. The van der Waals surface area contributed by atoms with Gasteiger partial charge in [0.1, 0.15) is 11.6 Å². The topological polar surface area (TPSA) is 70.4 Å². The minimum atomic E-state index is 0.0745. The molecule has 6 nitrogen and oxygen atoms in total. The fourth-order valence-corrected chi connectivity index (χ4v) is 3.27. The summed E-state index contributed by atoms with van der Waals surface area (Å²) in [6.07, 6.45) is 6.45. The molecule has 0 saturated carbocycles. The number of carbonyl (C=O) groups excluding carboxylic acids is 1. The maximum absolute atomic E-state index is 12.4. The molecule has 3 heterocycles. The quantitative estimate of drug-likeness (QED) is 0.712. The number of aromatic nitrogens is 1. The van der Waals surface area contributed by atoms with E-state index in [9.17, 15) is 4.79 Å². The van der Waals surface area contributed by atoms with Crippen molar-refractivity contribution in [2.24, 2.45) is 5.92 Å². The average Bonchev–Trinajstić information content (AvgIpc) is 3.16. The number of piperidine rings is 1. The number of furan rings is 1. The van der Waals surface area contributed by atoms with Crippen molar-refractivity contribution in [3.05, 3.63) is 48.0 Å². The molecule has 2 aromatic heterocycles. The summed E-state index contributed by atoms with van der Waals surface area (Å²) in [7, 11) is 0. The summed E-state index contributed by atoms with van der Waals surface area (Å²) in [5.74, 6) is 2.08. The SMILES string of the molecule is Cc1ccc(NCCCNC(=O)[C@H]2CCCN(Cc3ccco3)C2)nc1. The Morgan fingerprint density at radius 3 is 3.04 bits per heavy atom. The maximum Gasteiger partial charge on any atom is 0.224 e. The van der Waals surface area contributed by atoms with E-state index in [4.69, 9.17) is 4.42 Å². The lowest BCUT2D eigenvalue weighted by atomic mass is 9.97. The number of nitrogens with one attached hydrogen (secondary N) is 2. The van der Waals surface area contributed by atoms with Crippen LogP contribution in [0.1, 0.15) is 30.6 Å². The first-order valence-corrected chi connectivity index (χ1v) is 9.39. The van der Waals surface area contributed by atoms with Gasteiger partial charge >= 0.3 is 0 Å². The number of likely N-dealkylation sites (tertiary alicyclic amines) is 1. The van der Waals surface area contributed by atoms with E-state index in [0.29, 0.717) is 6.54 Å². The van der Waals surface area contributed by atoms with E-state index < -0.39 is 0 Å². The summed E-state index contributed by atoms with van der Waals surface area (Å²) >= 11 is 0. The van der Waals surface area contributed by atoms with Gasteiger partial charge in [0.05, 0.1) is 18.7 Å². The summed E-state index contributed by atoms with van der Waals surface area (Å²) in [6, 6.07) is 7.90. The highest BCUT2D eigenvalue weighted by Crippen LogP contribution is 2.19. The van der Waals surface area contributed by atoms with Gasteiger partial charge in [0.25, 0.3) is 0 Å². The van der Waals surface area contributed by atoms with E-state index in [-0.39, 0.29) is 11.8 Å². The van der Waals surface area contributed by atoms with Crippen LogP contribution in [-0.4, -0.2) is 42.0 Å². The normalized spacial score (nSPS) is 17.8. The molecular formula is C20H28N4O2. The highest BCUT2D eigenvalue weighted by Gasteiger charge is 2.25. The zero-order valence-electron chi connectivity index (χ0n) is 15.4. The molecule has 2 aromatic rings. The number of anilines is 1. The Kier molecular flexibility index (Phi) is 6.66. The molecule has 0 bridgehead atoms. The Balaban J connectivity index is 1.33. The van der Waals surface area contributed by atoms with Gasteiger partial charge in [0.2, 0.25) is 5.91 Å². The minimum Gasteiger partial charge on any atom is -0.468 e. The number of rotatable bonds is 8. The van der Waals surface area contributed by atoms with Crippen molar-refractivity contribution in [1.29, 1.82) is 0 Å². The van der Waals surface area contributed by atoms with Crippen molar-refractivity contribution < 1.29 is 9.21 Å². The Labute approximate surface area is 155 Å². The summed E-state index contributed by atoms with van der Waals surface area (Å²) in [4.78, 5) is 19.0. The van der Waals surface area contributed by atoms with E-state index in [1.54, 1.807) is 6.26 Å². The molecule has 0 radical (unpaired) electrons. The van der Waals surface area contributed by atoms with Gasteiger partial charge in [-0.25, -0.2) is 4.98 Å². The first kappa shape index (κ1) is 18.5. The molecule has 0 unspecified atom stereocenters. The zero-order chi connectivity index (χ0) is 18.2. The Morgan fingerprint density at radius 2 is 2.27 bits per heavy atom. The van der Waals surface area contributed by atoms with Gasteiger partial charge in [-0.05, 0) is 56.5 Å². The molecule has 140 valence electrons. The van der Waals surface area contributed by atoms with Gasteiger partial charge in [0.15, 0.2) is 0 Å². The van der Waals surface area contributed by atoms with Crippen LogP contribution in [0, 0.1) is 12.8 Å². The first-order chi connectivity index (χ1) is 12.7. The predicted molar refractivity (Wildman–Crippen MR) is 102 cm³/mol. The lowest BCUT2D eigenvalue weighted by Crippen LogP contribution is -2.43. The lowest BCUT2D eigenvalue weighted by Gasteiger charge is -2.31. The van der Waals surface area contributed by atoms with Gasteiger partial charge < -0.3 is 15.1 Å². The van der Waals surface area contributed by atoms with Gasteiger partial charge in [0, 0.05) is 25.8 Å². The Morgan fingerprint density at radius 1 is 1.35 bits per heavy atom. The fourth-order valence-electron chi connectivity index (χ4n) is 3.27. The standard InChI is InChI=1S/C20H28N4O2/c1-16-7-8-19(23-13-16)21-9-4-10-22-20(25)17-5-2-11-24(14-17)15-18-6-3-12-26-18/h3,6-8,12-13,17H,2,4-5,9-11,14-15H2,1H3,(H,21,23)(H,22,25)/t17-/m0/s1. The molecule has 6 heteroatoms. The fraction of sp³-hybridized carbons (Fsp3) is 0.500. The lowest BCUT2D eigenvalue weighted by molar-refractivity contribution is -0.126. The van der Waals surface area contributed by atoms with E-state index in [1.165, 1.54) is 0 Å². The van der Waals surface area contributed by atoms with E-state index in [0.717, 1.165) is 62.6 Å². The molecule has 1 aliphatic heterocycles. The van der Waals surface area contributed by atoms with Crippen molar-refractivity contribution in [3.63, 3.8) is 0 Å². The second-order valence-corrected chi connectivity index (χ2v) is 6.95. The van der Waals surface area contributed by atoms with E-state index in [1.807, 2.05) is 37.4 Å². The molecule has 0 aromatic carbocycles. The third-order valence-electron chi connectivity index (χ3n) is 4.71. The van der Waals surface area contributed by atoms with Crippen LogP contribution in [0.15, 0.2) is 41.1 Å². The van der Waals surface area contributed by atoms with Crippen LogP contribution in [0.5, 0.6) is 0 Å². The molecule has 0 aliphatic carbocycles. The highest BCUT2D eigenvalue weighted by molar-refractivity contribution is 5.78. The van der Waals surface area contributed by atoms with Crippen molar-refractivity contribution in [1.82, 2.24) is 15.2 Å². The Bertz CT molecular complexity index is 670. The summed E-state index contributed by atoms with van der Waals surface area (Å²) in [5.41, 5.74) is 1.15. The monoisotopic (exact) mass is 356 g/mol. The summed E-state index contributed by atoms with van der Waals surface area (Å²) in [6.45, 7) is 6.12. The highest BCUT2D eigenvalue weighted by atomic mass is 16.3. The van der Waals surface area contributed by atoms with Crippen LogP contribution in [0.4, 0.5) is 5.82 Å². The van der Waals surface area contributed by atoms with Crippen molar-refractivity contribution >= 4 is 11.7 Å². The van der Waals surface area contributed by atoms with Crippen LogP contribution in [0.25, 0.3) is 0 Å². The van der Waals surface area contributed by atoms with Crippen LogP contribution < -0.4 is 10.6 Å². The molecule has 0 spiro atoms. The minimum absolute atomic E-state index is 0.0745. The molecule has 1 fully saturated rings. The number of pyridine rings is 1.